The maximum Gasteiger partial charge on any atom is 0.240 e. The molecule has 0 aromatic rings. The number of aliphatic hydroxyl groups is 1. The Morgan fingerprint density at radius 2 is 2.24 bits per heavy atom. The number of hydrogen-bond donors (Lipinski definition) is 2. The molecule has 0 radical (unpaired) electrons. The van der Waals surface area contributed by atoms with Crippen LogP contribution < -0.4 is 5.32 Å². The lowest BCUT2D eigenvalue weighted by molar-refractivity contribution is -0.133. The van der Waals surface area contributed by atoms with Crippen molar-refractivity contribution in [2.45, 2.75) is 37.8 Å². The summed E-state index contributed by atoms with van der Waals surface area (Å²) in [6.07, 6.45) is 8.73. The SMILES string of the molecule is O=C(N[C@@H]1C=C[C@H](CO)C1)[C@H]1COCCN1CC1CCC1. The van der Waals surface area contributed by atoms with Gasteiger partial charge in [0.15, 0.2) is 0 Å². The van der Waals surface area contributed by atoms with Gasteiger partial charge in [-0.2, -0.15) is 0 Å². The lowest BCUT2D eigenvalue weighted by Gasteiger charge is -2.39. The smallest absolute Gasteiger partial charge is 0.240 e. The number of carbonyl (C=O) groups is 1. The maximum absolute atomic E-state index is 12.5. The molecule has 21 heavy (non-hydrogen) atoms. The molecule has 3 rings (SSSR count). The van der Waals surface area contributed by atoms with E-state index < -0.39 is 0 Å². The van der Waals surface area contributed by atoms with Crippen molar-refractivity contribution in [1.29, 1.82) is 0 Å². The summed E-state index contributed by atoms with van der Waals surface area (Å²) < 4.78 is 5.51. The Morgan fingerprint density at radius 3 is 2.90 bits per heavy atom. The number of rotatable bonds is 5. The van der Waals surface area contributed by atoms with Crippen molar-refractivity contribution in [3.05, 3.63) is 12.2 Å². The molecule has 2 N–H and O–H groups in total. The van der Waals surface area contributed by atoms with E-state index in [9.17, 15) is 4.79 Å². The maximum atomic E-state index is 12.5. The Balaban J connectivity index is 1.52. The van der Waals surface area contributed by atoms with Crippen LogP contribution in [0.4, 0.5) is 0 Å². The molecule has 0 aromatic heterocycles. The summed E-state index contributed by atoms with van der Waals surface area (Å²) in [7, 11) is 0. The van der Waals surface area contributed by atoms with Gasteiger partial charge in [-0.05, 0) is 25.2 Å². The van der Waals surface area contributed by atoms with Crippen LogP contribution in [0.5, 0.6) is 0 Å². The van der Waals surface area contributed by atoms with Crippen molar-refractivity contribution in [1.82, 2.24) is 10.2 Å². The summed E-state index contributed by atoms with van der Waals surface area (Å²) in [6.45, 7) is 3.27. The molecule has 1 aliphatic heterocycles. The van der Waals surface area contributed by atoms with E-state index >= 15 is 0 Å². The third-order valence-corrected chi connectivity index (χ3v) is 4.99. The number of ether oxygens (including phenoxy) is 1. The molecule has 1 heterocycles. The fraction of sp³-hybridized carbons (Fsp3) is 0.812. The highest BCUT2D eigenvalue weighted by molar-refractivity contribution is 5.82. The Hall–Kier alpha value is -0.910. The highest BCUT2D eigenvalue weighted by Crippen LogP contribution is 2.28. The van der Waals surface area contributed by atoms with E-state index in [1.54, 1.807) is 0 Å². The van der Waals surface area contributed by atoms with Gasteiger partial charge in [0.1, 0.15) is 6.04 Å². The number of nitrogens with zero attached hydrogens (tertiary/aromatic N) is 1. The van der Waals surface area contributed by atoms with Gasteiger partial charge in [0.25, 0.3) is 0 Å². The number of carbonyl (C=O) groups excluding carboxylic acids is 1. The predicted molar refractivity (Wildman–Crippen MR) is 79.8 cm³/mol. The van der Waals surface area contributed by atoms with Gasteiger partial charge in [0.05, 0.1) is 13.2 Å². The van der Waals surface area contributed by atoms with Gasteiger partial charge < -0.3 is 15.2 Å². The topological polar surface area (TPSA) is 61.8 Å². The van der Waals surface area contributed by atoms with Crippen LogP contribution in [0.2, 0.25) is 0 Å². The zero-order valence-electron chi connectivity index (χ0n) is 12.5. The minimum absolute atomic E-state index is 0.0575. The predicted octanol–water partition coefficient (Wildman–Crippen LogP) is 0.540. The minimum Gasteiger partial charge on any atom is -0.396 e. The van der Waals surface area contributed by atoms with E-state index in [4.69, 9.17) is 9.84 Å². The molecule has 118 valence electrons. The number of nitrogens with one attached hydrogen (secondary N) is 1. The first-order valence-electron chi connectivity index (χ1n) is 8.17. The first-order valence-corrected chi connectivity index (χ1v) is 8.17. The fourth-order valence-electron chi connectivity index (χ4n) is 3.40. The minimum atomic E-state index is -0.152. The van der Waals surface area contributed by atoms with Crippen molar-refractivity contribution in [2.75, 3.05) is 32.9 Å². The van der Waals surface area contributed by atoms with Gasteiger partial charge in [-0.3, -0.25) is 9.69 Å². The average molecular weight is 294 g/mol. The van der Waals surface area contributed by atoms with Crippen molar-refractivity contribution in [3.8, 4) is 0 Å². The molecular weight excluding hydrogens is 268 g/mol. The highest BCUT2D eigenvalue weighted by atomic mass is 16.5. The third-order valence-electron chi connectivity index (χ3n) is 4.99. The van der Waals surface area contributed by atoms with E-state index in [1.165, 1.54) is 19.3 Å². The average Bonchev–Trinajstić information content (AvgIpc) is 2.91. The number of amides is 1. The van der Waals surface area contributed by atoms with Crippen molar-refractivity contribution in [3.63, 3.8) is 0 Å². The molecule has 5 nitrogen and oxygen atoms in total. The molecule has 1 saturated heterocycles. The van der Waals surface area contributed by atoms with Crippen LogP contribution >= 0.6 is 0 Å². The van der Waals surface area contributed by atoms with E-state index in [1.807, 2.05) is 12.2 Å². The Labute approximate surface area is 126 Å². The van der Waals surface area contributed by atoms with Crippen LogP contribution in [-0.4, -0.2) is 60.9 Å². The normalized spacial score (nSPS) is 33.9. The number of aliphatic hydroxyl groups excluding tert-OH is 1. The van der Waals surface area contributed by atoms with Crippen LogP contribution in [0, 0.1) is 11.8 Å². The Bertz CT molecular complexity index is 395. The molecule has 0 aromatic carbocycles. The molecule has 2 aliphatic carbocycles. The molecular formula is C16H26N2O3. The van der Waals surface area contributed by atoms with E-state index in [2.05, 4.69) is 10.2 Å². The molecule has 1 amide bonds. The van der Waals surface area contributed by atoms with Gasteiger partial charge in [-0.25, -0.2) is 0 Å². The second-order valence-electron chi connectivity index (χ2n) is 6.56. The van der Waals surface area contributed by atoms with Crippen molar-refractivity contribution < 1.29 is 14.6 Å². The van der Waals surface area contributed by atoms with Gasteiger partial charge in [0.2, 0.25) is 5.91 Å². The first-order chi connectivity index (χ1) is 10.3. The van der Waals surface area contributed by atoms with Crippen LogP contribution in [0.25, 0.3) is 0 Å². The number of hydrogen-bond acceptors (Lipinski definition) is 4. The summed E-state index contributed by atoms with van der Waals surface area (Å²) in [5.74, 6) is 1.02. The first kappa shape index (κ1) is 15.0. The zero-order valence-corrected chi connectivity index (χ0v) is 12.5. The molecule has 1 saturated carbocycles. The fourth-order valence-corrected chi connectivity index (χ4v) is 3.40. The monoisotopic (exact) mass is 294 g/mol. The van der Waals surface area contributed by atoms with E-state index in [0.717, 1.165) is 32.0 Å². The van der Waals surface area contributed by atoms with E-state index in [0.29, 0.717) is 6.61 Å². The molecule has 3 atom stereocenters. The van der Waals surface area contributed by atoms with Crippen LogP contribution in [0.1, 0.15) is 25.7 Å². The van der Waals surface area contributed by atoms with Crippen LogP contribution in [-0.2, 0) is 9.53 Å². The molecule has 0 spiro atoms. The number of morpholine rings is 1. The Morgan fingerprint density at radius 1 is 1.38 bits per heavy atom. The Kier molecular flexibility index (Phi) is 4.93. The standard InChI is InChI=1S/C16H26N2O3/c19-10-13-4-5-14(8-13)17-16(20)15-11-21-7-6-18(15)9-12-2-1-3-12/h4-5,12-15,19H,1-3,6-11H2,(H,17,20)/t13-,14+,15+/m0/s1. The lowest BCUT2D eigenvalue weighted by Crippen LogP contribution is -2.56. The van der Waals surface area contributed by atoms with Crippen LogP contribution in [0.15, 0.2) is 12.2 Å². The van der Waals surface area contributed by atoms with Crippen molar-refractivity contribution >= 4 is 5.91 Å². The van der Waals surface area contributed by atoms with Gasteiger partial charge >= 0.3 is 0 Å². The molecule has 5 heteroatoms. The largest absolute Gasteiger partial charge is 0.396 e. The molecule has 3 aliphatic rings. The summed E-state index contributed by atoms with van der Waals surface area (Å²) in [5, 5.41) is 12.2. The van der Waals surface area contributed by atoms with Crippen LogP contribution in [0.3, 0.4) is 0 Å². The summed E-state index contributed by atoms with van der Waals surface area (Å²) in [5.41, 5.74) is 0. The molecule has 0 bridgehead atoms. The second-order valence-corrected chi connectivity index (χ2v) is 6.56. The lowest BCUT2D eigenvalue weighted by atomic mass is 9.84. The van der Waals surface area contributed by atoms with Crippen molar-refractivity contribution in [2.24, 2.45) is 11.8 Å². The van der Waals surface area contributed by atoms with Gasteiger partial charge in [0, 0.05) is 31.7 Å². The van der Waals surface area contributed by atoms with E-state index in [-0.39, 0.29) is 30.5 Å². The highest BCUT2D eigenvalue weighted by Gasteiger charge is 2.33. The summed E-state index contributed by atoms with van der Waals surface area (Å²) in [4.78, 5) is 14.8. The third kappa shape index (κ3) is 3.65. The van der Waals surface area contributed by atoms with Gasteiger partial charge in [-0.15, -0.1) is 0 Å². The summed E-state index contributed by atoms with van der Waals surface area (Å²) in [6, 6.07) is -0.0944. The quantitative estimate of drug-likeness (QED) is 0.727. The zero-order chi connectivity index (χ0) is 14.7. The molecule has 2 fully saturated rings. The second kappa shape index (κ2) is 6.90. The molecule has 0 unspecified atom stereocenters. The van der Waals surface area contributed by atoms with Gasteiger partial charge in [-0.1, -0.05) is 18.6 Å². The summed E-state index contributed by atoms with van der Waals surface area (Å²) >= 11 is 0.